The minimum Gasteiger partial charge on any atom is -0.309 e. The molecule has 0 radical (unpaired) electrons. The fourth-order valence-electron chi connectivity index (χ4n) is 11.3. The van der Waals surface area contributed by atoms with Crippen molar-refractivity contribution in [2.45, 2.75) is 19.3 Å². The van der Waals surface area contributed by atoms with Gasteiger partial charge in [0.1, 0.15) is 0 Å². The molecule has 0 spiro atoms. The Morgan fingerprint density at radius 2 is 0.803 bits per heavy atom. The quantitative estimate of drug-likeness (QED) is 0.160. The van der Waals surface area contributed by atoms with Crippen LogP contribution < -0.4 is 0 Å². The van der Waals surface area contributed by atoms with Gasteiger partial charge in [-0.2, -0.15) is 9.97 Å². The van der Waals surface area contributed by atoms with Crippen molar-refractivity contribution in [2.75, 3.05) is 0 Å². The lowest BCUT2D eigenvalue weighted by atomic mass is 9.82. The summed E-state index contributed by atoms with van der Waals surface area (Å²) in [5.74, 6) is 1.84. The van der Waals surface area contributed by atoms with Gasteiger partial charge in [-0.3, -0.25) is 4.57 Å². The highest BCUT2D eigenvalue weighted by Crippen LogP contribution is 2.51. The third-order valence-corrected chi connectivity index (χ3v) is 14.8. The van der Waals surface area contributed by atoms with Crippen LogP contribution in [0.2, 0.25) is 0 Å². The van der Waals surface area contributed by atoms with Gasteiger partial charge in [-0.25, -0.2) is 4.98 Å². The maximum Gasteiger partial charge on any atom is 0.238 e. The van der Waals surface area contributed by atoms with Crippen LogP contribution in [0.25, 0.3) is 123 Å². The Kier molecular flexibility index (Phi) is 9.17. The molecule has 1 aliphatic carbocycles. The minimum atomic E-state index is -0.203. The summed E-state index contributed by atoms with van der Waals surface area (Å²) in [5, 5.41) is 4.69. The number of hydrogen-bond donors (Lipinski definition) is 0. The van der Waals surface area contributed by atoms with E-state index in [-0.39, 0.29) is 5.41 Å². The minimum absolute atomic E-state index is 0.203. The van der Waals surface area contributed by atoms with Gasteiger partial charge in [0.25, 0.3) is 0 Å². The first-order valence-corrected chi connectivity index (χ1v) is 24.3. The van der Waals surface area contributed by atoms with Gasteiger partial charge in [-0.1, -0.05) is 190 Å². The molecule has 10 aromatic carbocycles. The largest absolute Gasteiger partial charge is 0.309 e. The Hall–Kier alpha value is -9.19. The lowest BCUT2D eigenvalue weighted by molar-refractivity contribution is 0.661. The molecule has 5 nitrogen and oxygen atoms in total. The van der Waals surface area contributed by atoms with Crippen LogP contribution in [0.4, 0.5) is 0 Å². The van der Waals surface area contributed by atoms with Crippen molar-refractivity contribution in [3.63, 3.8) is 0 Å². The van der Waals surface area contributed by atoms with Crippen LogP contribution in [0.1, 0.15) is 25.0 Å². The van der Waals surface area contributed by atoms with Crippen LogP contribution in [0, 0.1) is 0 Å². The topological polar surface area (TPSA) is 48.5 Å². The Morgan fingerprint density at radius 3 is 1.42 bits per heavy atom. The van der Waals surface area contributed by atoms with Crippen LogP contribution in [0.5, 0.6) is 0 Å². The van der Waals surface area contributed by atoms with E-state index in [9.17, 15) is 0 Å². The molecular weight excluding hydrogens is 863 g/mol. The van der Waals surface area contributed by atoms with Crippen molar-refractivity contribution in [3.8, 4) is 78.9 Å². The van der Waals surface area contributed by atoms with Gasteiger partial charge in [0.05, 0.1) is 22.1 Å². The average Bonchev–Trinajstić information content (AvgIpc) is 4.03. The number of rotatable bonds is 7. The maximum atomic E-state index is 5.31. The second kappa shape index (κ2) is 15.9. The first-order chi connectivity index (χ1) is 35.0. The van der Waals surface area contributed by atoms with E-state index < -0.39 is 0 Å². The summed E-state index contributed by atoms with van der Waals surface area (Å²) >= 11 is 0. The van der Waals surface area contributed by atoms with E-state index in [0.29, 0.717) is 17.6 Å². The summed E-state index contributed by atoms with van der Waals surface area (Å²) in [6.45, 7) is 4.68. The summed E-state index contributed by atoms with van der Waals surface area (Å²) in [6, 6.07) is 85.2. The molecule has 3 heterocycles. The lowest BCUT2D eigenvalue weighted by Crippen LogP contribution is -2.15. The summed E-state index contributed by atoms with van der Waals surface area (Å²) in [5.41, 5.74) is 19.4. The molecule has 0 saturated heterocycles. The predicted molar refractivity (Wildman–Crippen MR) is 293 cm³/mol. The highest BCUT2D eigenvalue weighted by Gasteiger charge is 2.36. The molecule has 0 N–H and O–H groups in total. The van der Waals surface area contributed by atoms with Crippen LogP contribution in [0.3, 0.4) is 0 Å². The van der Waals surface area contributed by atoms with Gasteiger partial charge in [0, 0.05) is 49.3 Å². The number of aromatic nitrogens is 5. The number of para-hydroxylation sites is 1. The molecule has 13 aromatic rings. The van der Waals surface area contributed by atoms with E-state index >= 15 is 0 Å². The van der Waals surface area contributed by atoms with Crippen LogP contribution in [-0.2, 0) is 5.41 Å². The van der Waals surface area contributed by atoms with E-state index in [4.69, 9.17) is 15.0 Å². The normalized spacial score (nSPS) is 12.8. The second-order valence-electron chi connectivity index (χ2n) is 19.2. The Balaban J connectivity index is 1.04. The zero-order chi connectivity index (χ0) is 47.2. The molecule has 1 aliphatic rings. The van der Waals surface area contributed by atoms with E-state index in [1.807, 2.05) is 36.4 Å². The molecule has 0 aliphatic heterocycles. The monoisotopic (exact) mass is 907 g/mol. The van der Waals surface area contributed by atoms with Gasteiger partial charge in [0.2, 0.25) is 5.95 Å². The molecule has 5 heteroatoms. The van der Waals surface area contributed by atoms with E-state index in [0.717, 1.165) is 55.3 Å². The molecule has 0 amide bonds. The maximum absolute atomic E-state index is 5.31. The van der Waals surface area contributed by atoms with Gasteiger partial charge < -0.3 is 4.57 Å². The van der Waals surface area contributed by atoms with Crippen molar-refractivity contribution in [1.82, 2.24) is 24.1 Å². The number of nitrogens with zero attached hydrogens (tertiary/aromatic N) is 5. The molecule has 3 aromatic heterocycles. The average molecular weight is 908 g/mol. The van der Waals surface area contributed by atoms with Crippen LogP contribution in [0.15, 0.2) is 237 Å². The molecule has 14 rings (SSSR count). The predicted octanol–water partition coefficient (Wildman–Crippen LogP) is 16.7. The highest BCUT2D eigenvalue weighted by molar-refractivity contribution is 6.17. The zero-order valence-electron chi connectivity index (χ0n) is 39.3. The zero-order valence-corrected chi connectivity index (χ0v) is 39.3. The SMILES string of the molecule is CC1(C)c2ccccc2-c2cc3c4cc(-c5ccc6c(c5)c5cc(-c7ccccc7)cc(-c7ccccc7)c5n6-c5ccccc5)ccc4n(-c4nc(-c5ccccc5)nc(-c5ccccc5)n4)c3cc21. The third kappa shape index (κ3) is 6.51. The smallest absolute Gasteiger partial charge is 0.238 e. The van der Waals surface area contributed by atoms with E-state index in [2.05, 4.69) is 223 Å². The van der Waals surface area contributed by atoms with Crippen molar-refractivity contribution in [3.05, 3.63) is 248 Å². The number of hydrogen-bond acceptors (Lipinski definition) is 3. The van der Waals surface area contributed by atoms with Gasteiger partial charge in [-0.05, 0) is 111 Å². The molecule has 0 atom stereocenters. The summed E-state index contributed by atoms with van der Waals surface area (Å²) < 4.78 is 4.71. The summed E-state index contributed by atoms with van der Waals surface area (Å²) in [4.78, 5) is 15.7. The number of fused-ring (bicyclic) bond motifs is 9. The van der Waals surface area contributed by atoms with Crippen molar-refractivity contribution >= 4 is 43.6 Å². The van der Waals surface area contributed by atoms with Gasteiger partial charge >= 0.3 is 0 Å². The van der Waals surface area contributed by atoms with Gasteiger partial charge in [-0.15, -0.1) is 0 Å². The fraction of sp³-hybridized carbons (Fsp3) is 0.0455. The van der Waals surface area contributed by atoms with E-state index in [1.165, 1.54) is 60.8 Å². The van der Waals surface area contributed by atoms with Gasteiger partial charge in [0.15, 0.2) is 11.6 Å². The highest BCUT2D eigenvalue weighted by atomic mass is 15.2. The lowest BCUT2D eigenvalue weighted by Gasteiger charge is -2.21. The standard InChI is InChI=1S/C66H45N5/c1-66(2)57-31-19-18-30-50(57)52-40-55-53-36-46(33-35-60(53)71(61(55)41-58(52)66)65-68-63(44-24-12-5-13-25-44)67-64(69-65)45-26-14-6-15-27-45)47-32-34-59-54(37-47)56-39-48(42-20-8-3-9-21-42)38-51(43-22-10-4-11-23-43)62(56)70(59)49-28-16-7-17-29-49/h3-41H,1-2H3. The Bertz CT molecular complexity index is 4150. The molecule has 0 bridgehead atoms. The van der Waals surface area contributed by atoms with E-state index in [1.54, 1.807) is 0 Å². The van der Waals surface area contributed by atoms with Crippen molar-refractivity contribution in [2.24, 2.45) is 0 Å². The van der Waals surface area contributed by atoms with Crippen molar-refractivity contribution in [1.29, 1.82) is 0 Å². The molecular formula is C66H45N5. The Labute approximate surface area is 411 Å². The van der Waals surface area contributed by atoms with Crippen LogP contribution >= 0.6 is 0 Å². The fourth-order valence-corrected chi connectivity index (χ4v) is 11.3. The molecule has 0 saturated carbocycles. The molecule has 71 heavy (non-hydrogen) atoms. The first kappa shape index (κ1) is 40.8. The molecule has 0 fully saturated rings. The summed E-state index contributed by atoms with van der Waals surface area (Å²) in [6.07, 6.45) is 0. The van der Waals surface area contributed by atoms with Crippen LogP contribution in [-0.4, -0.2) is 24.1 Å². The second-order valence-corrected chi connectivity index (χ2v) is 19.2. The molecule has 0 unspecified atom stereocenters. The third-order valence-electron chi connectivity index (χ3n) is 14.8. The summed E-state index contributed by atoms with van der Waals surface area (Å²) in [7, 11) is 0. The molecule has 334 valence electrons. The Morgan fingerprint density at radius 1 is 0.310 bits per heavy atom. The number of benzene rings is 10. The van der Waals surface area contributed by atoms with Crippen molar-refractivity contribution < 1.29 is 0 Å². The first-order valence-electron chi connectivity index (χ1n) is 24.3.